The van der Waals surface area contributed by atoms with Crippen molar-refractivity contribution in [1.82, 2.24) is 0 Å². The summed E-state index contributed by atoms with van der Waals surface area (Å²) < 4.78 is 0. The van der Waals surface area contributed by atoms with Crippen LogP contribution in [0.2, 0.25) is 0 Å². The molecule has 2 amide bonds. The van der Waals surface area contributed by atoms with Gasteiger partial charge in [0, 0.05) is 17.9 Å². The van der Waals surface area contributed by atoms with Gasteiger partial charge in [-0.1, -0.05) is 133 Å². The molecule has 0 unspecified atom stereocenters. The first-order valence-electron chi connectivity index (χ1n) is 15.3. The van der Waals surface area contributed by atoms with Gasteiger partial charge in [0.2, 0.25) is 11.8 Å². The first kappa shape index (κ1) is 27.8. The van der Waals surface area contributed by atoms with E-state index in [0.717, 1.165) is 16.0 Å². The highest BCUT2D eigenvalue weighted by Gasteiger charge is 2.86. The van der Waals surface area contributed by atoms with Crippen LogP contribution in [0.4, 0.5) is 11.4 Å². The van der Waals surface area contributed by atoms with Crippen molar-refractivity contribution >= 4 is 29.0 Å². The number of anilines is 1. The molecule has 5 aromatic rings. The molecule has 1 saturated heterocycles. The monoisotopic (exact) mass is 604 g/mol. The summed E-state index contributed by atoms with van der Waals surface area (Å²) in [6.07, 6.45) is 0. The smallest absolute Gasteiger partial charge is 0.293 e. The van der Waals surface area contributed by atoms with Gasteiger partial charge in [-0.15, -0.1) is 0 Å². The van der Waals surface area contributed by atoms with Crippen LogP contribution in [0.25, 0.3) is 0 Å². The zero-order chi connectivity index (χ0) is 31.6. The number of Topliss-reactive ketones (excluding diaryl/α,β-unsaturated/α-hetero) is 1. The summed E-state index contributed by atoms with van der Waals surface area (Å²) in [5.74, 6) is -4.61. The van der Waals surface area contributed by atoms with E-state index in [9.17, 15) is 10.1 Å². The van der Waals surface area contributed by atoms with Gasteiger partial charge in [0.1, 0.15) is 5.69 Å². The molecule has 6 atom stereocenters. The van der Waals surface area contributed by atoms with E-state index in [-0.39, 0.29) is 17.2 Å². The van der Waals surface area contributed by atoms with E-state index in [1.807, 2.05) is 121 Å². The van der Waals surface area contributed by atoms with Gasteiger partial charge in [0.05, 0.1) is 27.6 Å². The van der Waals surface area contributed by atoms with E-state index in [0.29, 0.717) is 11.1 Å². The van der Waals surface area contributed by atoms with E-state index in [1.54, 1.807) is 6.07 Å². The minimum Gasteiger partial charge on any atom is -0.298 e. The van der Waals surface area contributed by atoms with Gasteiger partial charge in [-0.2, -0.15) is 0 Å². The van der Waals surface area contributed by atoms with Gasteiger partial charge in [0.15, 0.2) is 5.78 Å². The van der Waals surface area contributed by atoms with Crippen molar-refractivity contribution in [3.8, 4) is 0 Å². The molecule has 2 saturated carbocycles. The number of amides is 2. The molecule has 0 N–H and O–H groups in total. The Morgan fingerprint density at radius 2 is 0.870 bits per heavy atom. The summed E-state index contributed by atoms with van der Waals surface area (Å²) >= 11 is 0. The number of nitro benzene ring substituents is 1. The SMILES string of the molecule is O=C1[C@@H]2[C@H](C(=O)N1c1ccccc1[N+](=O)[O-])[C@@]1(c3ccccc3)C(=O)[C@@]2(c2ccccc2)[C@H](c2ccccc2)[C@@H]1c1ccccc1. The number of carbonyl (C=O) groups excluding carboxylic acids is 3. The molecule has 1 aliphatic heterocycles. The molecule has 8 rings (SSSR count). The van der Waals surface area contributed by atoms with Crippen molar-refractivity contribution in [2.24, 2.45) is 11.8 Å². The second-order valence-electron chi connectivity index (χ2n) is 12.3. The van der Waals surface area contributed by atoms with Crippen LogP contribution >= 0.6 is 0 Å². The molecule has 2 aliphatic carbocycles. The summed E-state index contributed by atoms with van der Waals surface area (Å²) in [6.45, 7) is 0. The first-order chi connectivity index (χ1) is 22.4. The molecule has 46 heavy (non-hydrogen) atoms. The second-order valence-corrected chi connectivity index (χ2v) is 12.3. The summed E-state index contributed by atoms with van der Waals surface area (Å²) in [5.41, 5.74) is -0.240. The van der Waals surface area contributed by atoms with Crippen LogP contribution in [-0.4, -0.2) is 22.5 Å². The predicted octanol–water partition coefficient (Wildman–Crippen LogP) is 6.74. The molecule has 0 aromatic heterocycles. The van der Waals surface area contributed by atoms with Crippen LogP contribution in [0.1, 0.15) is 34.1 Å². The fourth-order valence-corrected chi connectivity index (χ4v) is 9.09. The Morgan fingerprint density at radius 1 is 0.500 bits per heavy atom. The molecule has 1 heterocycles. The Bertz CT molecular complexity index is 1900. The van der Waals surface area contributed by atoms with Crippen molar-refractivity contribution in [3.63, 3.8) is 0 Å². The van der Waals surface area contributed by atoms with Gasteiger partial charge in [-0.05, 0) is 28.3 Å². The van der Waals surface area contributed by atoms with Crippen molar-refractivity contribution in [3.05, 3.63) is 178 Å². The number of benzene rings is 5. The van der Waals surface area contributed by atoms with Gasteiger partial charge in [-0.25, -0.2) is 4.90 Å². The third kappa shape index (κ3) is 3.40. The number of para-hydroxylation sites is 2. The highest BCUT2D eigenvalue weighted by molar-refractivity contribution is 6.30. The summed E-state index contributed by atoms with van der Waals surface area (Å²) in [7, 11) is 0. The molecular formula is C39H28N2O5. The number of fused-ring (bicyclic) bond motifs is 5. The highest BCUT2D eigenvalue weighted by Crippen LogP contribution is 2.77. The zero-order valence-corrected chi connectivity index (χ0v) is 24.6. The lowest BCUT2D eigenvalue weighted by Crippen LogP contribution is -2.49. The molecule has 7 nitrogen and oxygen atoms in total. The highest BCUT2D eigenvalue weighted by atomic mass is 16.6. The molecular weight excluding hydrogens is 576 g/mol. The summed E-state index contributed by atoms with van der Waals surface area (Å²) in [5, 5.41) is 12.2. The topological polar surface area (TPSA) is 97.6 Å². The van der Waals surface area contributed by atoms with E-state index in [4.69, 9.17) is 0 Å². The fraction of sp³-hybridized carbons (Fsp3) is 0.154. The maximum Gasteiger partial charge on any atom is 0.293 e. The Kier molecular flexibility index (Phi) is 6.15. The number of nitrogens with zero attached hydrogens (tertiary/aromatic N) is 2. The molecule has 224 valence electrons. The molecule has 3 aliphatic rings. The Labute approximate surface area is 265 Å². The number of ketones is 1. The lowest BCUT2D eigenvalue weighted by Gasteiger charge is -2.46. The summed E-state index contributed by atoms with van der Waals surface area (Å²) in [4.78, 5) is 58.5. The number of rotatable bonds is 6. The van der Waals surface area contributed by atoms with E-state index < -0.39 is 51.2 Å². The van der Waals surface area contributed by atoms with Crippen molar-refractivity contribution in [2.45, 2.75) is 22.7 Å². The Morgan fingerprint density at radius 3 is 1.28 bits per heavy atom. The number of imide groups is 1. The minimum atomic E-state index is -1.45. The normalized spacial score (nSPS) is 28.0. The van der Waals surface area contributed by atoms with Gasteiger partial charge >= 0.3 is 0 Å². The lowest BCUT2D eigenvalue weighted by molar-refractivity contribution is -0.384. The molecule has 3 fully saturated rings. The second kappa shape index (κ2) is 10.2. The number of carbonyl (C=O) groups is 3. The first-order valence-corrected chi connectivity index (χ1v) is 15.3. The van der Waals surface area contributed by atoms with Crippen molar-refractivity contribution in [2.75, 3.05) is 4.90 Å². The van der Waals surface area contributed by atoms with Crippen LogP contribution in [0.3, 0.4) is 0 Å². The van der Waals surface area contributed by atoms with E-state index in [1.165, 1.54) is 18.2 Å². The fourth-order valence-electron chi connectivity index (χ4n) is 9.09. The molecule has 2 bridgehead atoms. The average Bonchev–Trinajstić information content (AvgIpc) is 3.61. The standard InChI is InChI=1S/C39H28N2O5/c42-35-33-34(36(43)40(35)29-23-13-14-24-30(29)41(45)46)39(28-21-11-4-12-22-28)32(26-17-7-2-8-18-26)31(25-15-5-1-6-16-25)38(33,37(39)44)27-19-9-3-10-20-27/h1-24,31-34H/t31-,32+,33+,34-,38-,39-/m0/s1. The maximum absolute atomic E-state index is 15.9. The van der Waals surface area contributed by atoms with E-state index in [2.05, 4.69) is 0 Å². The van der Waals surface area contributed by atoms with Crippen molar-refractivity contribution < 1.29 is 19.3 Å². The molecule has 0 spiro atoms. The van der Waals surface area contributed by atoms with Crippen LogP contribution in [0, 0.1) is 22.0 Å². The average molecular weight is 605 g/mol. The predicted molar refractivity (Wildman–Crippen MR) is 172 cm³/mol. The third-order valence-corrected chi connectivity index (χ3v) is 10.5. The van der Waals surface area contributed by atoms with Crippen LogP contribution in [0.15, 0.2) is 146 Å². The number of hydrogen-bond donors (Lipinski definition) is 0. The van der Waals surface area contributed by atoms with Crippen molar-refractivity contribution in [1.29, 1.82) is 0 Å². The maximum atomic E-state index is 15.9. The quantitative estimate of drug-likeness (QED) is 0.122. The van der Waals surface area contributed by atoms with Gasteiger partial charge < -0.3 is 0 Å². The largest absolute Gasteiger partial charge is 0.298 e. The Balaban J connectivity index is 1.52. The third-order valence-electron chi connectivity index (χ3n) is 10.5. The number of hydrogen-bond acceptors (Lipinski definition) is 5. The zero-order valence-electron chi connectivity index (χ0n) is 24.6. The molecule has 5 aromatic carbocycles. The lowest BCUT2D eigenvalue weighted by atomic mass is 9.52. The van der Waals surface area contributed by atoms with Crippen LogP contribution in [0.5, 0.6) is 0 Å². The van der Waals surface area contributed by atoms with Crippen LogP contribution < -0.4 is 4.90 Å². The van der Waals surface area contributed by atoms with Crippen LogP contribution in [-0.2, 0) is 25.2 Å². The van der Waals surface area contributed by atoms with Gasteiger partial charge in [-0.3, -0.25) is 24.5 Å². The Hall–Kier alpha value is -5.69. The summed E-state index contributed by atoms with van der Waals surface area (Å²) in [6, 6.07) is 44.0. The minimum absolute atomic E-state index is 0.0808. The molecule has 0 radical (unpaired) electrons. The molecule has 7 heteroatoms. The van der Waals surface area contributed by atoms with E-state index >= 15 is 14.4 Å². The van der Waals surface area contributed by atoms with Gasteiger partial charge in [0.25, 0.3) is 5.69 Å². The number of nitro groups is 1.